The summed E-state index contributed by atoms with van der Waals surface area (Å²) in [5.74, 6) is 0. The number of carbonyl (C=O) groups is 1. The van der Waals surface area contributed by atoms with Crippen LogP contribution >= 0.6 is 11.3 Å². The fourth-order valence-electron chi connectivity index (χ4n) is 2.98. The molecule has 1 amide bonds. The van der Waals surface area contributed by atoms with E-state index in [1.165, 1.54) is 17.4 Å². The van der Waals surface area contributed by atoms with E-state index in [1.54, 1.807) is 44.0 Å². The van der Waals surface area contributed by atoms with E-state index >= 15 is 0 Å². The highest BCUT2D eigenvalue weighted by Crippen LogP contribution is 2.36. The van der Waals surface area contributed by atoms with Crippen molar-refractivity contribution in [2.24, 2.45) is 0 Å². The molecule has 0 radical (unpaired) electrons. The second-order valence-corrected chi connectivity index (χ2v) is 10.4. The van der Waals surface area contributed by atoms with Crippen molar-refractivity contribution >= 4 is 38.6 Å². The number of aromatic nitrogens is 1. The lowest BCUT2D eigenvalue weighted by atomic mass is 10.1. The van der Waals surface area contributed by atoms with Gasteiger partial charge in [0.15, 0.2) is 5.13 Å². The van der Waals surface area contributed by atoms with Crippen LogP contribution in [0.1, 0.15) is 20.8 Å². The topological polar surface area (TPSA) is 109 Å². The number of nitrogens with two attached hydrogens (primary N) is 1. The van der Waals surface area contributed by atoms with E-state index in [1.807, 2.05) is 0 Å². The van der Waals surface area contributed by atoms with Crippen LogP contribution in [-0.2, 0) is 14.8 Å². The predicted octanol–water partition coefficient (Wildman–Crippen LogP) is 1.75. The van der Waals surface area contributed by atoms with Gasteiger partial charge in [-0.25, -0.2) is 18.1 Å². The molecule has 3 rings (SSSR count). The summed E-state index contributed by atoms with van der Waals surface area (Å²) >= 11 is 1.43. The van der Waals surface area contributed by atoms with Crippen molar-refractivity contribution in [1.82, 2.24) is 14.6 Å². The molecule has 1 aromatic heterocycles. The van der Waals surface area contributed by atoms with Gasteiger partial charge in [0.25, 0.3) is 0 Å². The quantitative estimate of drug-likeness (QED) is 0.560. The molecule has 0 aliphatic carbocycles. The zero-order chi connectivity index (χ0) is 20.5. The van der Waals surface area contributed by atoms with Gasteiger partial charge < -0.3 is 15.5 Å². The van der Waals surface area contributed by atoms with Crippen LogP contribution in [0.2, 0.25) is 0 Å². The van der Waals surface area contributed by atoms with Crippen molar-refractivity contribution in [2.45, 2.75) is 31.2 Å². The summed E-state index contributed by atoms with van der Waals surface area (Å²) in [4.78, 5) is 20.1. The van der Waals surface area contributed by atoms with Crippen LogP contribution in [-0.4, -0.2) is 56.4 Å². The van der Waals surface area contributed by atoms with E-state index in [2.05, 4.69) is 14.6 Å². The Morgan fingerprint density at radius 1 is 1.21 bits per heavy atom. The van der Waals surface area contributed by atoms with Crippen LogP contribution in [0.25, 0.3) is 10.4 Å². The molecule has 1 fully saturated rings. The first-order valence-corrected chi connectivity index (χ1v) is 11.2. The molecule has 8 nitrogen and oxygen atoms in total. The van der Waals surface area contributed by atoms with Gasteiger partial charge in [-0.15, -0.1) is 0 Å². The minimum Gasteiger partial charge on any atom is -0.399 e. The van der Waals surface area contributed by atoms with E-state index in [9.17, 15) is 13.2 Å². The average Bonchev–Trinajstić information content (AvgIpc) is 3.09. The Kier molecular flexibility index (Phi) is 5.64. The molecule has 0 saturated carbocycles. The van der Waals surface area contributed by atoms with E-state index in [0.717, 1.165) is 16.4 Å². The fourth-order valence-corrected chi connectivity index (χ4v) is 5.72. The predicted molar refractivity (Wildman–Crippen MR) is 112 cm³/mol. The molecule has 1 aliphatic rings. The molecule has 1 saturated heterocycles. The Morgan fingerprint density at radius 2 is 1.89 bits per heavy atom. The Balaban J connectivity index is 1.93. The number of carbonyl (C=O) groups excluding carboxylic acids is 1. The van der Waals surface area contributed by atoms with Crippen molar-refractivity contribution in [1.29, 1.82) is 0 Å². The third-order valence-electron chi connectivity index (χ3n) is 4.23. The van der Waals surface area contributed by atoms with E-state index < -0.39 is 15.6 Å². The smallest absolute Gasteiger partial charge is 0.241 e. The van der Waals surface area contributed by atoms with Gasteiger partial charge in [0.1, 0.15) is 0 Å². The van der Waals surface area contributed by atoms with Crippen LogP contribution in [0.5, 0.6) is 0 Å². The number of rotatable bonds is 5. The first-order chi connectivity index (χ1) is 13.1. The van der Waals surface area contributed by atoms with Gasteiger partial charge in [-0.05, 0) is 32.9 Å². The lowest BCUT2D eigenvalue weighted by Gasteiger charge is -2.32. The van der Waals surface area contributed by atoms with Crippen LogP contribution in [0.4, 0.5) is 10.8 Å². The van der Waals surface area contributed by atoms with Crippen LogP contribution in [0, 0.1) is 0 Å². The van der Waals surface area contributed by atoms with E-state index in [-0.39, 0.29) is 4.90 Å². The van der Waals surface area contributed by atoms with Crippen molar-refractivity contribution < 1.29 is 13.2 Å². The Bertz CT molecular complexity index is 958. The average molecular weight is 424 g/mol. The minimum atomic E-state index is -3.76. The molecule has 2 heterocycles. The molecule has 0 unspecified atom stereocenters. The summed E-state index contributed by atoms with van der Waals surface area (Å²) in [6.45, 7) is 8.07. The van der Waals surface area contributed by atoms with Crippen LogP contribution in [0.3, 0.4) is 0 Å². The van der Waals surface area contributed by atoms with Crippen molar-refractivity contribution in [2.75, 3.05) is 36.8 Å². The Morgan fingerprint density at radius 3 is 2.50 bits per heavy atom. The molecule has 0 spiro atoms. The van der Waals surface area contributed by atoms with Crippen LogP contribution < -0.4 is 15.4 Å². The number of piperazine rings is 1. The van der Waals surface area contributed by atoms with Gasteiger partial charge in [-0.1, -0.05) is 17.4 Å². The number of nitrogens with zero attached hydrogens (tertiary/aromatic N) is 3. The molecule has 28 heavy (non-hydrogen) atoms. The SMILES string of the molecule is CC(C)(C)NS(=O)(=O)c1cc(N)ccc1-c1cnc(N2CCN(C=O)CC2)s1. The fraction of sp³-hybridized carbons (Fsp3) is 0.444. The lowest BCUT2D eigenvalue weighted by molar-refractivity contribution is -0.118. The van der Waals surface area contributed by atoms with Crippen molar-refractivity contribution in [3.8, 4) is 10.4 Å². The third kappa shape index (κ3) is 4.62. The summed E-state index contributed by atoms with van der Waals surface area (Å²) in [6.07, 6.45) is 2.55. The molecule has 0 bridgehead atoms. The molecule has 2 aromatic rings. The summed E-state index contributed by atoms with van der Waals surface area (Å²) in [6, 6.07) is 4.88. The second-order valence-electron chi connectivity index (χ2n) is 7.75. The molecule has 3 N–H and O–H groups in total. The van der Waals surface area contributed by atoms with Gasteiger partial charge in [0, 0.05) is 49.2 Å². The van der Waals surface area contributed by atoms with Crippen molar-refractivity contribution in [3.63, 3.8) is 0 Å². The van der Waals surface area contributed by atoms with Gasteiger partial charge in [0.2, 0.25) is 16.4 Å². The van der Waals surface area contributed by atoms with Crippen molar-refractivity contribution in [3.05, 3.63) is 24.4 Å². The second kappa shape index (κ2) is 7.69. The number of nitrogens with one attached hydrogen (secondary N) is 1. The van der Waals surface area contributed by atoms with Gasteiger partial charge in [-0.3, -0.25) is 4.79 Å². The molecular weight excluding hydrogens is 398 g/mol. The van der Waals surface area contributed by atoms with Crippen LogP contribution in [0.15, 0.2) is 29.3 Å². The first kappa shape index (κ1) is 20.6. The zero-order valence-electron chi connectivity index (χ0n) is 16.2. The number of sulfonamides is 1. The van der Waals surface area contributed by atoms with E-state index in [4.69, 9.17) is 5.73 Å². The largest absolute Gasteiger partial charge is 0.399 e. The molecule has 0 atom stereocenters. The number of anilines is 2. The number of benzene rings is 1. The zero-order valence-corrected chi connectivity index (χ0v) is 17.8. The number of hydrogen-bond acceptors (Lipinski definition) is 7. The molecule has 1 aliphatic heterocycles. The first-order valence-electron chi connectivity index (χ1n) is 8.93. The molecular formula is C18H25N5O3S2. The number of thiazole rings is 1. The Hall–Kier alpha value is -2.17. The number of amides is 1. The minimum absolute atomic E-state index is 0.142. The summed E-state index contributed by atoms with van der Waals surface area (Å²) in [5.41, 5.74) is 6.21. The molecule has 152 valence electrons. The third-order valence-corrected chi connectivity index (χ3v) is 7.12. The highest BCUT2D eigenvalue weighted by molar-refractivity contribution is 7.89. The molecule has 10 heteroatoms. The normalized spacial score (nSPS) is 15.7. The summed E-state index contributed by atoms with van der Waals surface area (Å²) < 4.78 is 28.6. The highest BCUT2D eigenvalue weighted by Gasteiger charge is 2.26. The molecule has 1 aromatic carbocycles. The van der Waals surface area contributed by atoms with Gasteiger partial charge in [0.05, 0.1) is 9.77 Å². The van der Waals surface area contributed by atoms with Gasteiger partial charge >= 0.3 is 0 Å². The maximum atomic E-state index is 12.9. The summed E-state index contributed by atoms with van der Waals surface area (Å²) in [5, 5.41) is 0.810. The number of hydrogen-bond donors (Lipinski definition) is 2. The lowest BCUT2D eigenvalue weighted by Crippen LogP contribution is -2.45. The summed E-state index contributed by atoms with van der Waals surface area (Å²) in [7, 11) is -3.76. The maximum absolute atomic E-state index is 12.9. The standard InChI is InChI=1S/C18H25N5O3S2/c1-18(2,3)21-28(25,26)16-10-13(19)4-5-14(16)15-11-20-17(27-15)23-8-6-22(12-24)7-9-23/h4-5,10-12,21H,6-9,19H2,1-3H3. The highest BCUT2D eigenvalue weighted by atomic mass is 32.2. The van der Waals surface area contributed by atoms with Gasteiger partial charge in [-0.2, -0.15) is 0 Å². The Labute approximate surface area is 169 Å². The van der Waals surface area contributed by atoms with E-state index in [0.29, 0.717) is 37.4 Å². The maximum Gasteiger partial charge on any atom is 0.241 e. The number of nitrogen functional groups attached to an aromatic ring is 1. The monoisotopic (exact) mass is 423 g/mol.